The van der Waals surface area contributed by atoms with Gasteiger partial charge in [-0.05, 0) is 24.5 Å². The van der Waals surface area contributed by atoms with Crippen LogP contribution in [0.3, 0.4) is 0 Å². The van der Waals surface area contributed by atoms with Gasteiger partial charge in [0.2, 0.25) is 0 Å². The molecule has 0 saturated carbocycles. The summed E-state index contributed by atoms with van der Waals surface area (Å²) in [4.78, 5) is 0. The van der Waals surface area contributed by atoms with E-state index in [0.29, 0.717) is 18.6 Å². The Morgan fingerprint density at radius 3 is 3.08 bits per heavy atom. The first-order chi connectivity index (χ1) is 5.83. The molecule has 1 rings (SSSR count). The molecular formula is C9H18O2S. The minimum absolute atomic E-state index is 0.304. The lowest BCUT2D eigenvalue weighted by Gasteiger charge is -2.10. The van der Waals surface area contributed by atoms with Crippen LogP contribution in [0.25, 0.3) is 0 Å². The van der Waals surface area contributed by atoms with Crippen LogP contribution < -0.4 is 0 Å². The third-order valence-corrected chi connectivity index (χ3v) is 3.45. The van der Waals surface area contributed by atoms with Crippen LogP contribution in [0.1, 0.15) is 19.8 Å². The maximum absolute atomic E-state index is 8.78. The number of rotatable bonds is 5. The topological polar surface area (TPSA) is 29.5 Å². The summed E-state index contributed by atoms with van der Waals surface area (Å²) in [6, 6.07) is 0. The van der Waals surface area contributed by atoms with Crippen molar-refractivity contribution in [1.29, 1.82) is 0 Å². The molecule has 1 saturated heterocycles. The third-order valence-electron chi connectivity index (χ3n) is 2.04. The minimum atomic E-state index is 0.304. The molecule has 0 aromatic rings. The molecule has 0 aromatic heterocycles. The van der Waals surface area contributed by atoms with Crippen molar-refractivity contribution in [2.24, 2.45) is 5.92 Å². The molecule has 2 atom stereocenters. The minimum Gasteiger partial charge on any atom is -0.396 e. The number of aliphatic hydroxyl groups is 1. The summed E-state index contributed by atoms with van der Waals surface area (Å²) in [5, 5.41) is 8.78. The van der Waals surface area contributed by atoms with Crippen LogP contribution in [0.4, 0.5) is 0 Å². The fraction of sp³-hybridized carbons (Fsp3) is 1.00. The Labute approximate surface area is 78.7 Å². The predicted molar refractivity (Wildman–Crippen MR) is 52.5 cm³/mol. The lowest BCUT2D eigenvalue weighted by Crippen LogP contribution is -2.11. The van der Waals surface area contributed by atoms with Crippen molar-refractivity contribution >= 4 is 11.8 Å². The average Bonchev–Trinajstić information content (AvgIpc) is 2.57. The number of hydrogen-bond donors (Lipinski definition) is 1. The summed E-state index contributed by atoms with van der Waals surface area (Å²) >= 11 is 1.90. The van der Waals surface area contributed by atoms with E-state index in [-0.39, 0.29) is 0 Å². The summed E-state index contributed by atoms with van der Waals surface area (Å²) in [6.45, 7) is 3.32. The number of aliphatic hydroxyl groups excluding tert-OH is 1. The molecule has 2 unspecified atom stereocenters. The van der Waals surface area contributed by atoms with Crippen molar-refractivity contribution in [3.63, 3.8) is 0 Å². The van der Waals surface area contributed by atoms with Gasteiger partial charge < -0.3 is 9.84 Å². The smallest absolute Gasteiger partial charge is 0.0666 e. The van der Waals surface area contributed by atoms with E-state index in [0.717, 1.165) is 18.1 Å². The van der Waals surface area contributed by atoms with Gasteiger partial charge >= 0.3 is 0 Å². The van der Waals surface area contributed by atoms with E-state index in [2.05, 4.69) is 6.92 Å². The van der Waals surface area contributed by atoms with Crippen LogP contribution in [0.5, 0.6) is 0 Å². The Morgan fingerprint density at radius 2 is 2.50 bits per heavy atom. The van der Waals surface area contributed by atoms with Crippen LogP contribution >= 0.6 is 11.8 Å². The van der Waals surface area contributed by atoms with Crippen molar-refractivity contribution in [2.45, 2.75) is 25.9 Å². The van der Waals surface area contributed by atoms with Gasteiger partial charge in [-0.25, -0.2) is 0 Å². The van der Waals surface area contributed by atoms with Gasteiger partial charge in [0.15, 0.2) is 0 Å². The third kappa shape index (κ3) is 3.78. The lowest BCUT2D eigenvalue weighted by atomic mass is 10.2. The summed E-state index contributed by atoms with van der Waals surface area (Å²) in [5.74, 6) is 2.58. The van der Waals surface area contributed by atoms with E-state index in [1.54, 1.807) is 0 Å². The van der Waals surface area contributed by atoms with Gasteiger partial charge in [0, 0.05) is 19.0 Å². The van der Waals surface area contributed by atoms with Gasteiger partial charge in [0.05, 0.1) is 6.10 Å². The highest BCUT2D eigenvalue weighted by Gasteiger charge is 2.15. The monoisotopic (exact) mass is 190 g/mol. The first kappa shape index (κ1) is 10.4. The second kappa shape index (κ2) is 5.84. The second-order valence-electron chi connectivity index (χ2n) is 3.46. The van der Waals surface area contributed by atoms with Crippen molar-refractivity contribution in [3.8, 4) is 0 Å². The molecule has 12 heavy (non-hydrogen) atoms. The Kier molecular flexibility index (Phi) is 5.04. The average molecular weight is 190 g/mol. The summed E-state index contributed by atoms with van der Waals surface area (Å²) < 4.78 is 5.49. The summed E-state index contributed by atoms with van der Waals surface area (Å²) in [6.07, 6.45) is 2.93. The maximum Gasteiger partial charge on any atom is 0.0666 e. The second-order valence-corrected chi connectivity index (χ2v) is 4.54. The Morgan fingerprint density at radius 1 is 1.67 bits per heavy atom. The molecule has 0 radical (unpaired) electrons. The van der Waals surface area contributed by atoms with Crippen molar-refractivity contribution in [1.82, 2.24) is 0 Å². The predicted octanol–water partition coefficient (Wildman–Crippen LogP) is 1.53. The molecule has 1 aliphatic rings. The Balaban J connectivity index is 1.94. The molecule has 0 spiro atoms. The first-order valence-electron chi connectivity index (χ1n) is 4.63. The van der Waals surface area contributed by atoms with Gasteiger partial charge in [-0.3, -0.25) is 0 Å². The van der Waals surface area contributed by atoms with Gasteiger partial charge in [0.25, 0.3) is 0 Å². The lowest BCUT2D eigenvalue weighted by molar-refractivity contribution is 0.129. The molecule has 1 fully saturated rings. The normalized spacial score (nSPS) is 26.0. The highest BCUT2D eigenvalue weighted by atomic mass is 32.2. The fourth-order valence-corrected chi connectivity index (χ4v) is 2.40. The molecule has 0 aliphatic carbocycles. The molecule has 1 N–H and O–H groups in total. The fourth-order valence-electron chi connectivity index (χ4n) is 1.23. The SMILES string of the molecule is CC(CO)CSCC1CCCO1. The van der Waals surface area contributed by atoms with Crippen LogP contribution in [0.2, 0.25) is 0 Å². The Hall–Kier alpha value is 0.270. The summed E-state index contributed by atoms with van der Waals surface area (Å²) in [5.41, 5.74) is 0. The largest absolute Gasteiger partial charge is 0.396 e. The molecule has 0 aromatic carbocycles. The molecule has 2 nitrogen and oxygen atoms in total. The maximum atomic E-state index is 8.78. The summed E-state index contributed by atoms with van der Waals surface area (Å²) in [7, 11) is 0. The van der Waals surface area contributed by atoms with E-state index in [9.17, 15) is 0 Å². The molecular weight excluding hydrogens is 172 g/mol. The number of thioether (sulfide) groups is 1. The zero-order chi connectivity index (χ0) is 8.81. The molecule has 1 aliphatic heterocycles. The van der Waals surface area contributed by atoms with Crippen LogP contribution in [0, 0.1) is 5.92 Å². The molecule has 0 bridgehead atoms. The zero-order valence-electron chi connectivity index (χ0n) is 7.66. The van der Waals surface area contributed by atoms with Crippen LogP contribution in [-0.2, 0) is 4.74 Å². The van der Waals surface area contributed by atoms with E-state index in [1.807, 2.05) is 11.8 Å². The van der Waals surface area contributed by atoms with E-state index < -0.39 is 0 Å². The van der Waals surface area contributed by atoms with Gasteiger partial charge in [-0.2, -0.15) is 11.8 Å². The van der Waals surface area contributed by atoms with Crippen molar-refractivity contribution < 1.29 is 9.84 Å². The van der Waals surface area contributed by atoms with Crippen molar-refractivity contribution in [3.05, 3.63) is 0 Å². The van der Waals surface area contributed by atoms with Gasteiger partial charge in [0.1, 0.15) is 0 Å². The molecule has 3 heteroatoms. The first-order valence-corrected chi connectivity index (χ1v) is 5.78. The van der Waals surface area contributed by atoms with E-state index in [1.165, 1.54) is 12.8 Å². The van der Waals surface area contributed by atoms with Crippen LogP contribution in [-0.4, -0.2) is 35.9 Å². The standard InChI is InChI=1S/C9H18O2S/c1-8(5-10)6-12-7-9-3-2-4-11-9/h8-10H,2-7H2,1H3. The molecule has 1 heterocycles. The van der Waals surface area contributed by atoms with E-state index in [4.69, 9.17) is 9.84 Å². The zero-order valence-corrected chi connectivity index (χ0v) is 8.48. The quantitative estimate of drug-likeness (QED) is 0.713. The highest BCUT2D eigenvalue weighted by molar-refractivity contribution is 7.99. The van der Waals surface area contributed by atoms with E-state index >= 15 is 0 Å². The number of ether oxygens (including phenoxy) is 1. The van der Waals surface area contributed by atoms with Crippen molar-refractivity contribution in [2.75, 3.05) is 24.7 Å². The molecule has 72 valence electrons. The van der Waals surface area contributed by atoms with Gasteiger partial charge in [-0.1, -0.05) is 6.92 Å². The van der Waals surface area contributed by atoms with Crippen LogP contribution in [0.15, 0.2) is 0 Å². The Bertz CT molecular complexity index is 113. The highest BCUT2D eigenvalue weighted by Crippen LogP contribution is 2.18. The molecule has 0 amide bonds. The van der Waals surface area contributed by atoms with Gasteiger partial charge in [-0.15, -0.1) is 0 Å². The number of hydrogen-bond acceptors (Lipinski definition) is 3.